The predicted octanol–water partition coefficient (Wildman–Crippen LogP) is 5.67. The molecule has 0 saturated carbocycles. The molecule has 3 aromatic carbocycles. The highest BCUT2D eigenvalue weighted by atomic mass is 16.5. The van der Waals surface area contributed by atoms with Crippen molar-refractivity contribution in [2.24, 2.45) is 4.99 Å². The van der Waals surface area contributed by atoms with Crippen LogP contribution in [0.5, 0.6) is 17.2 Å². The fourth-order valence-corrected chi connectivity index (χ4v) is 3.29. The number of hydrogen-bond acceptors (Lipinski definition) is 5. The van der Waals surface area contributed by atoms with E-state index in [1.54, 1.807) is 21.3 Å². The first-order valence-electron chi connectivity index (χ1n) is 9.57. The van der Waals surface area contributed by atoms with E-state index < -0.39 is 0 Å². The van der Waals surface area contributed by atoms with Crippen LogP contribution in [-0.4, -0.2) is 21.3 Å². The standard InChI is InChI=1S/C25H23NO4/c1-16-5-11-23-20(13-16)21(26-22-14-19(28-3)10-12-24(22)29-4)15-25(30-23)17-6-8-18(27-2)9-7-17/h5-15H,1-4H3. The first-order chi connectivity index (χ1) is 14.6. The molecule has 0 aliphatic carbocycles. The van der Waals surface area contributed by atoms with Crippen molar-refractivity contribution < 1.29 is 18.6 Å². The summed E-state index contributed by atoms with van der Waals surface area (Å²) >= 11 is 0. The Bertz CT molecular complexity index is 1260. The molecule has 4 rings (SSSR count). The van der Waals surface area contributed by atoms with Crippen LogP contribution in [0.4, 0.5) is 5.69 Å². The maximum absolute atomic E-state index is 6.20. The van der Waals surface area contributed by atoms with Gasteiger partial charge in [0, 0.05) is 23.1 Å². The van der Waals surface area contributed by atoms with Gasteiger partial charge in [-0.05, 0) is 55.5 Å². The molecule has 0 unspecified atom stereocenters. The maximum atomic E-state index is 6.20. The lowest BCUT2D eigenvalue weighted by molar-refractivity contribution is 0.404. The minimum absolute atomic E-state index is 0.670. The molecule has 5 heteroatoms. The van der Waals surface area contributed by atoms with Crippen molar-refractivity contribution in [3.8, 4) is 28.6 Å². The Morgan fingerprint density at radius 3 is 2.17 bits per heavy atom. The van der Waals surface area contributed by atoms with Gasteiger partial charge in [-0.15, -0.1) is 0 Å². The lowest BCUT2D eigenvalue weighted by Crippen LogP contribution is -2.04. The summed E-state index contributed by atoms with van der Waals surface area (Å²) in [5, 5.41) is 1.72. The molecule has 0 aliphatic rings. The van der Waals surface area contributed by atoms with Gasteiger partial charge in [-0.2, -0.15) is 0 Å². The molecule has 1 aromatic heterocycles. The summed E-state index contributed by atoms with van der Waals surface area (Å²) in [6, 6.07) is 21.3. The van der Waals surface area contributed by atoms with Crippen LogP contribution in [0.3, 0.4) is 0 Å². The zero-order chi connectivity index (χ0) is 21.1. The quantitative estimate of drug-likeness (QED) is 0.433. The lowest BCUT2D eigenvalue weighted by atomic mass is 10.1. The predicted molar refractivity (Wildman–Crippen MR) is 118 cm³/mol. The molecule has 0 aliphatic heterocycles. The largest absolute Gasteiger partial charge is 0.497 e. The van der Waals surface area contributed by atoms with E-state index in [9.17, 15) is 0 Å². The molecule has 0 N–H and O–H groups in total. The third-order valence-electron chi connectivity index (χ3n) is 4.90. The van der Waals surface area contributed by atoms with Crippen LogP contribution in [-0.2, 0) is 0 Å². The molecular weight excluding hydrogens is 378 g/mol. The van der Waals surface area contributed by atoms with E-state index >= 15 is 0 Å². The molecule has 0 amide bonds. The summed E-state index contributed by atoms with van der Waals surface area (Å²) in [6.07, 6.45) is 0. The molecule has 0 atom stereocenters. The Hall–Kier alpha value is -3.73. The van der Waals surface area contributed by atoms with E-state index in [0.717, 1.165) is 39.0 Å². The highest BCUT2D eigenvalue weighted by Gasteiger charge is 2.09. The van der Waals surface area contributed by atoms with Gasteiger partial charge < -0.3 is 18.6 Å². The average Bonchev–Trinajstić information content (AvgIpc) is 2.79. The van der Waals surface area contributed by atoms with Crippen LogP contribution in [0.15, 0.2) is 76.1 Å². The summed E-state index contributed by atoms with van der Waals surface area (Å²) in [4.78, 5) is 4.92. The van der Waals surface area contributed by atoms with Gasteiger partial charge in [0.25, 0.3) is 0 Å². The van der Waals surface area contributed by atoms with Crippen LogP contribution in [0.2, 0.25) is 0 Å². The third-order valence-corrected chi connectivity index (χ3v) is 4.90. The van der Waals surface area contributed by atoms with Crippen molar-refractivity contribution >= 4 is 16.7 Å². The molecule has 0 spiro atoms. The van der Waals surface area contributed by atoms with E-state index in [0.29, 0.717) is 17.2 Å². The topological polar surface area (TPSA) is 53.2 Å². The molecular formula is C25H23NO4. The summed E-state index contributed by atoms with van der Waals surface area (Å²) in [6.45, 7) is 2.05. The molecule has 5 nitrogen and oxygen atoms in total. The highest BCUT2D eigenvalue weighted by molar-refractivity contribution is 5.79. The number of aryl methyl sites for hydroxylation is 1. The van der Waals surface area contributed by atoms with Crippen LogP contribution in [0.25, 0.3) is 22.3 Å². The first-order valence-corrected chi connectivity index (χ1v) is 9.57. The Morgan fingerprint density at radius 1 is 0.733 bits per heavy atom. The fourth-order valence-electron chi connectivity index (χ4n) is 3.29. The highest BCUT2D eigenvalue weighted by Crippen LogP contribution is 2.32. The zero-order valence-electron chi connectivity index (χ0n) is 17.4. The van der Waals surface area contributed by atoms with Crippen molar-refractivity contribution in [1.82, 2.24) is 0 Å². The number of methoxy groups -OCH3 is 3. The summed E-state index contributed by atoms with van der Waals surface area (Å²) in [5.41, 5.74) is 3.51. The van der Waals surface area contributed by atoms with E-state index in [1.807, 2.05) is 67.6 Å². The SMILES string of the molecule is COc1ccc(-c2cc(=Nc3cc(OC)ccc3OC)c3cc(C)ccc3o2)cc1. The van der Waals surface area contributed by atoms with Crippen LogP contribution in [0.1, 0.15) is 5.56 Å². The normalized spacial score (nSPS) is 11.5. The number of ether oxygens (including phenoxy) is 3. The first kappa shape index (κ1) is 19.6. The second-order valence-corrected chi connectivity index (χ2v) is 6.87. The molecule has 4 aromatic rings. The van der Waals surface area contributed by atoms with Gasteiger partial charge in [-0.3, -0.25) is 0 Å². The van der Waals surface area contributed by atoms with Gasteiger partial charge in [0.2, 0.25) is 0 Å². The second-order valence-electron chi connectivity index (χ2n) is 6.87. The molecule has 0 radical (unpaired) electrons. The molecule has 0 fully saturated rings. The smallest absolute Gasteiger partial charge is 0.144 e. The average molecular weight is 401 g/mol. The number of nitrogens with zero attached hydrogens (tertiary/aromatic N) is 1. The van der Waals surface area contributed by atoms with Gasteiger partial charge in [-0.1, -0.05) is 11.6 Å². The van der Waals surface area contributed by atoms with Crippen LogP contribution < -0.4 is 19.6 Å². The number of fused-ring (bicyclic) bond motifs is 1. The summed E-state index contributed by atoms with van der Waals surface area (Å²) in [5.74, 6) is 2.89. The number of rotatable bonds is 5. The van der Waals surface area contributed by atoms with Crippen molar-refractivity contribution in [2.75, 3.05) is 21.3 Å². The Balaban J connectivity index is 1.98. The van der Waals surface area contributed by atoms with Gasteiger partial charge in [0.05, 0.1) is 26.7 Å². The van der Waals surface area contributed by atoms with Gasteiger partial charge >= 0.3 is 0 Å². The van der Waals surface area contributed by atoms with Crippen molar-refractivity contribution in [2.45, 2.75) is 6.92 Å². The number of benzene rings is 3. The van der Waals surface area contributed by atoms with E-state index in [4.69, 9.17) is 23.6 Å². The van der Waals surface area contributed by atoms with Crippen LogP contribution in [0, 0.1) is 6.92 Å². The monoisotopic (exact) mass is 401 g/mol. The van der Waals surface area contributed by atoms with Crippen molar-refractivity contribution in [1.29, 1.82) is 0 Å². The van der Waals surface area contributed by atoms with Crippen LogP contribution >= 0.6 is 0 Å². The number of hydrogen-bond donors (Lipinski definition) is 0. The molecule has 0 saturated heterocycles. The van der Waals surface area contributed by atoms with E-state index in [-0.39, 0.29) is 0 Å². The van der Waals surface area contributed by atoms with Gasteiger partial charge in [0.15, 0.2) is 0 Å². The van der Waals surface area contributed by atoms with Crippen molar-refractivity contribution in [3.05, 3.63) is 77.7 Å². The Labute approximate surface area is 175 Å². The molecule has 30 heavy (non-hydrogen) atoms. The zero-order valence-corrected chi connectivity index (χ0v) is 17.4. The third kappa shape index (κ3) is 3.87. The Kier molecular flexibility index (Phi) is 5.44. The second kappa shape index (κ2) is 8.33. The van der Waals surface area contributed by atoms with E-state index in [2.05, 4.69) is 6.07 Å². The lowest BCUT2D eigenvalue weighted by Gasteiger charge is -2.09. The van der Waals surface area contributed by atoms with Gasteiger partial charge in [0.1, 0.15) is 34.3 Å². The fraction of sp³-hybridized carbons (Fsp3) is 0.160. The molecule has 1 heterocycles. The van der Waals surface area contributed by atoms with Crippen molar-refractivity contribution in [3.63, 3.8) is 0 Å². The maximum Gasteiger partial charge on any atom is 0.144 e. The minimum Gasteiger partial charge on any atom is -0.497 e. The summed E-state index contributed by atoms with van der Waals surface area (Å²) in [7, 11) is 4.91. The summed E-state index contributed by atoms with van der Waals surface area (Å²) < 4.78 is 22.3. The van der Waals surface area contributed by atoms with E-state index in [1.165, 1.54) is 0 Å². The molecule has 0 bridgehead atoms. The molecule has 152 valence electrons. The Morgan fingerprint density at radius 2 is 1.47 bits per heavy atom. The minimum atomic E-state index is 0.670. The van der Waals surface area contributed by atoms with Gasteiger partial charge in [-0.25, -0.2) is 4.99 Å².